The number of nitrogens with two attached hydrogens (primary N) is 1. The minimum absolute atomic E-state index is 0.0580. The Morgan fingerprint density at radius 1 is 1.22 bits per heavy atom. The summed E-state index contributed by atoms with van der Waals surface area (Å²) < 4.78 is 1.04. The topological polar surface area (TPSA) is 71.5 Å². The highest BCUT2D eigenvalue weighted by Crippen LogP contribution is 2.26. The summed E-state index contributed by atoms with van der Waals surface area (Å²) >= 11 is 4.94. The third kappa shape index (κ3) is 3.24. The Hall–Kier alpha value is -1.53. The van der Waals surface area contributed by atoms with Gasteiger partial charge in [0.25, 0.3) is 0 Å². The van der Waals surface area contributed by atoms with Crippen LogP contribution in [0.5, 0.6) is 0 Å². The van der Waals surface area contributed by atoms with Crippen LogP contribution in [0, 0.1) is 0 Å². The van der Waals surface area contributed by atoms with Crippen LogP contribution in [0.4, 0.5) is 0 Å². The summed E-state index contributed by atoms with van der Waals surface area (Å²) in [6, 6.07) is 11.6. The van der Waals surface area contributed by atoms with Crippen molar-refractivity contribution in [3.63, 3.8) is 0 Å². The molecule has 1 aromatic heterocycles. The van der Waals surface area contributed by atoms with E-state index in [4.69, 9.17) is 10.9 Å². The van der Waals surface area contributed by atoms with Crippen LogP contribution in [0.2, 0.25) is 0 Å². The molecule has 0 amide bonds. The van der Waals surface area contributed by atoms with Crippen LogP contribution in [0.15, 0.2) is 62.1 Å². The number of aromatic nitrogens is 1. The van der Waals surface area contributed by atoms with Gasteiger partial charge in [0.15, 0.2) is 5.84 Å². The van der Waals surface area contributed by atoms with Crippen molar-refractivity contribution < 1.29 is 5.21 Å². The third-order valence-electron chi connectivity index (χ3n) is 2.18. The summed E-state index contributed by atoms with van der Waals surface area (Å²) in [5, 5.41) is 12.3. The van der Waals surface area contributed by atoms with E-state index in [1.165, 1.54) is 0 Å². The van der Waals surface area contributed by atoms with Gasteiger partial charge in [-0.1, -0.05) is 32.8 Å². The van der Waals surface area contributed by atoms with Gasteiger partial charge in [0.05, 0.1) is 0 Å². The predicted octanol–water partition coefficient (Wildman–Crippen LogP) is 3.09. The lowest BCUT2D eigenvalue weighted by Crippen LogP contribution is -2.13. The minimum Gasteiger partial charge on any atom is -0.409 e. The first kappa shape index (κ1) is 12.9. The van der Waals surface area contributed by atoms with Crippen molar-refractivity contribution in [3.8, 4) is 0 Å². The van der Waals surface area contributed by atoms with E-state index in [9.17, 15) is 0 Å². The lowest BCUT2D eigenvalue weighted by atomic mass is 10.3. The highest BCUT2D eigenvalue weighted by atomic mass is 79.9. The van der Waals surface area contributed by atoms with Crippen LogP contribution in [0.25, 0.3) is 0 Å². The highest BCUT2D eigenvalue weighted by Gasteiger charge is 2.02. The number of oxime groups is 1. The molecular weight excluding hydrogens is 314 g/mol. The Morgan fingerprint density at radius 3 is 2.50 bits per heavy atom. The van der Waals surface area contributed by atoms with Crippen molar-refractivity contribution in [1.82, 2.24) is 4.98 Å². The zero-order valence-electron chi connectivity index (χ0n) is 9.25. The van der Waals surface area contributed by atoms with Gasteiger partial charge in [0.1, 0.15) is 5.03 Å². The van der Waals surface area contributed by atoms with Crippen LogP contribution >= 0.6 is 27.7 Å². The van der Waals surface area contributed by atoms with Crippen LogP contribution in [0.3, 0.4) is 0 Å². The van der Waals surface area contributed by atoms with E-state index in [0.717, 1.165) is 14.4 Å². The van der Waals surface area contributed by atoms with E-state index in [1.807, 2.05) is 30.3 Å². The SMILES string of the molecule is N/C(=N\O)c1ccc(Sc2ccc(Br)cc2)nc1. The van der Waals surface area contributed by atoms with Crippen molar-refractivity contribution in [3.05, 3.63) is 52.6 Å². The number of nitrogens with zero attached hydrogens (tertiary/aromatic N) is 2. The minimum atomic E-state index is 0.0580. The van der Waals surface area contributed by atoms with Gasteiger partial charge >= 0.3 is 0 Å². The second-order valence-corrected chi connectivity index (χ2v) is 5.44. The average Bonchev–Trinajstić information content (AvgIpc) is 2.41. The van der Waals surface area contributed by atoms with Crippen molar-refractivity contribution in [2.45, 2.75) is 9.92 Å². The fraction of sp³-hybridized carbons (Fsp3) is 0. The maximum Gasteiger partial charge on any atom is 0.171 e. The van der Waals surface area contributed by atoms with Crippen molar-refractivity contribution in [2.75, 3.05) is 0 Å². The molecule has 0 radical (unpaired) electrons. The Kier molecular flexibility index (Phi) is 4.22. The zero-order valence-corrected chi connectivity index (χ0v) is 11.6. The van der Waals surface area contributed by atoms with Crippen molar-refractivity contribution >= 4 is 33.5 Å². The quantitative estimate of drug-likeness (QED) is 0.394. The molecule has 0 bridgehead atoms. The van der Waals surface area contributed by atoms with Gasteiger partial charge in [-0.15, -0.1) is 0 Å². The maximum absolute atomic E-state index is 8.54. The molecule has 0 saturated heterocycles. The molecule has 1 aromatic carbocycles. The van der Waals surface area contributed by atoms with Crippen LogP contribution in [-0.2, 0) is 0 Å². The molecule has 2 aromatic rings. The molecule has 4 nitrogen and oxygen atoms in total. The molecule has 0 unspecified atom stereocenters. The first-order chi connectivity index (χ1) is 8.69. The summed E-state index contributed by atoms with van der Waals surface area (Å²) in [4.78, 5) is 5.34. The number of amidine groups is 1. The molecular formula is C12H10BrN3OS. The largest absolute Gasteiger partial charge is 0.409 e. The maximum atomic E-state index is 8.54. The first-order valence-corrected chi connectivity index (χ1v) is 6.67. The van der Waals surface area contributed by atoms with E-state index in [2.05, 4.69) is 26.1 Å². The van der Waals surface area contributed by atoms with Crippen molar-refractivity contribution in [2.24, 2.45) is 10.9 Å². The summed E-state index contributed by atoms with van der Waals surface area (Å²) in [5.74, 6) is 0.0580. The van der Waals surface area contributed by atoms with Gasteiger partial charge < -0.3 is 10.9 Å². The number of hydrogen-bond acceptors (Lipinski definition) is 4. The van der Waals surface area contributed by atoms with Gasteiger partial charge in [-0.25, -0.2) is 4.98 Å². The third-order valence-corrected chi connectivity index (χ3v) is 3.66. The van der Waals surface area contributed by atoms with E-state index in [1.54, 1.807) is 24.0 Å². The van der Waals surface area contributed by atoms with Crippen LogP contribution in [0.1, 0.15) is 5.56 Å². The molecule has 0 saturated carbocycles. The van der Waals surface area contributed by atoms with Crippen LogP contribution < -0.4 is 5.73 Å². The second-order valence-electron chi connectivity index (χ2n) is 3.43. The number of benzene rings is 1. The van der Waals surface area contributed by atoms with Gasteiger partial charge in [-0.2, -0.15) is 0 Å². The normalized spacial score (nSPS) is 11.5. The number of rotatable bonds is 3. The number of halogens is 1. The highest BCUT2D eigenvalue weighted by molar-refractivity contribution is 9.10. The van der Waals surface area contributed by atoms with E-state index < -0.39 is 0 Å². The molecule has 0 spiro atoms. The lowest BCUT2D eigenvalue weighted by Gasteiger charge is -2.02. The fourth-order valence-corrected chi connectivity index (χ4v) is 2.29. The molecule has 0 aliphatic carbocycles. The monoisotopic (exact) mass is 323 g/mol. The molecule has 0 aliphatic rings. The molecule has 0 atom stereocenters. The lowest BCUT2D eigenvalue weighted by molar-refractivity contribution is 0.318. The molecule has 6 heteroatoms. The molecule has 0 fully saturated rings. The molecule has 2 rings (SSSR count). The standard InChI is InChI=1S/C12H10BrN3OS/c13-9-2-4-10(5-3-9)18-11-6-1-8(7-15-11)12(14)16-17/h1-7,17H,(H2,14,16). The average molecular weight is 324 g/mol. The van der Waals surface area contributed by atoms with Gasteiger partial charge in [-0.3, -0.25) is 0 Å². The number of hydrogen-bond donors (Lipinski definition) is 2. The zero-order chi connectivity index (χ0) is 13.0. The Bertz CT molecular complexity index is 555. The summed E-state index contributed by atoms with van der Waals surface area (Å²) in [6.07, 6.45) is 1.58. The number of pyridine rings is 1. The van der Waals surface area contributed by atoms with Crippen molar-refractivity contribution in [1.29, 1.82) is 0 Å². The Balaban J connectivity index is 2.13. The molecule has 18 heavy (non-hydrogen) atoms. The smallest absolute Gasteiger partial charge is 0.171 e. The van der Waals surface area contributed by atoms with Crippen LogP contribution in [-0.4, -0.2) is 16.0 Å². The molecule has 3 N–H and O–H groups in total. The second kappa shape index (κ2) is 5.88. The van der Waals surface area contributed by atoms with E-state index >= 15 is 0 Å². The molecule has 0 aliphatic heterocycles. The summed E-state index contributed by atoms with van der Waals surface area (Å²) in [6.45, 7) is 0. The Morgan fingerprint density at radius 2 is 1.94 bits per heavy atom. The van der Waals surface area contributed by atoms with E-state index in [-0.39, 0.29) is 5.84 Å². The fourth-order valence-electron chi connectivity index (χ4n) is 1.27. The van der Waals surface area contributed by atoms with Gasteiger partial charge in [-0.05, 0) is 36.4 Å². The molecule has 92 valence electrons. The van der Waals surface area contributed by atoms with E-state index in [0.29, 0.717) is 5.56 Å². The van der Waals surface area contributed by atoms with Gasteiger partial charge in [0.2, 0.25) is 0 Å². The summed E-state index contributed by atoms with van der Waals surface area (Å²) in [7, 11) is 0. The summed E-state index contributed by atoms with van der Waals surface area (Å²) in [5.41, 5.74) is 6.06. The molecule has 1 heterocycles. The van der Waals surface area contributed by atoms with Gasteiger partial charge in [0, 0.05) is 21.1 Å². The Labute approximate surface area is 117 Å². The first-order valence-electron chi connectivity index (χ1n) is 5.06. The predicted molar refractivity (Wildman–Crippen MR) is 75.0 cm³/mol.